The number of nitrogens with two attached hydrogens (primary N) is 2. The van der Waals surface area contributed by atoms with E-state index in [0.29, 0.717) is 22.3 Å². The van der Waals surface area contributed by atoms with Crippen LogP contribution in [-0.4, -0.2) is 4.98 Å². The number of pyridine rings is 1. The summed E-state index contributed by atoms with van der Waals surface area (Å²) in [4.78, 5) is 4.90. The van der Waals surface area contributed by atoms with Gasteiger partial charge in [0.05, 0.1) is 5.03 Å². The highest BCUT2D eigenvalue weighted by Gasteiger charge is 2.06. The third-order valence-electron chi connectivity index (χ3n) is 2.08. The average Bonchev–Trinajstić information content (AvgIpc) is 2.34. The van der Waals surface area contributed by atoms with Gasteiger partial charge < -0.3 is 16.2 Å². The number of aromatic nitrogens is 1. The lowest BCUT2D eigenvalue weighted by Crippen LogP contribution is -1.96. The minimum atomic E-state index is 0.339. The molecule has 0 unspecified atom stereocenters. The summed E-state index contributed by atoms with van der Waals surface area (Å²) in [6.07, 6.45) is 1.63. The Morgan fingerprint density at radius 3 is 2.67 bits per heavy atom. The fourth-order valence-corrected chi connectivity index (χ4v) is 1.92. The van der Waals surface area contributed by atoms with Crippen molar-refractivity contribution in [2.24, 2.45) is 5.73 Å². The molecule has 0 aliphatic carbocycles. The first kappa shape index (κ1) is 12.3. The van der Waals surface area contributed by atoms with Crippen LogP contribution in [0.2, 0.25) is 0 Å². The lowest BCUT2D eigenvalue weighted by molar-refractivity contribution is 0.481. The maximum atomic E-state index is 5.77. The molecule has 92 valence electrons. The van der Waals surface area contributed by atoms with Gasteiger partial charge in [-0.2, -0.15) is 0 Å². The zero-order valence-electron chi connectivity index (χ0n) is 9.67. The van der Waals surface area contributed by atoms with Crippen LogP contribution in [0.1, 0.15) is 0 Å². The SMILES string of the molecule is C=C(N)Sc1cnc(N)c(Oc2ccccc2)c1. The van der Waals surface area contributed by atoms with Crippen molar-refractivity contribution in [3.8, 4) is 11.5 Å². The van der Waals surface area contributed by atoms with Crippen LogP contribution >= 0.6 is 11.8 Å². The Morgan fingerprint density at radius 2 is 2.00 bits per heavy atom. The molecule has 0 saturated carbocycles. The first-order valence-electron chi connectivity index (χ1n) is 5.26. The number of nitrogens with zero attached hydrogens (tertiary/aromatic N) is 1. The van der Waals surface area contributed by atoms with Crippen molar-refractivity contribution < 1.29 is 4.74 Å². The summed E-state index contributed by atoms with van der Waals surface area (Å²) in [5.74, 6) is 1.55. The number of thioether (sulfide) groups is 1. The second kappa shape index (κ2) is 5.46. The monoisotopic (exact) mass is 259 g/mol. The van der Waals surface area contributed by atoms with Crippen molar-refractivity contribution >= 4 is 17.6 Å². The summed E-state index contributed by atoms with van der Waals surface area (Å²) < 4.78 is 5.66. The third kappa shape index (κ3) is 3.18. The number of hydrogen-bond donors (Lipinski definition) is 2. The molecule has 0 atom stereocenters. The van der Waals surface area contributed by atoms with E-state index in [4.69, 9.17) is 16.2 Å². The quantitative estimate of drug-likeness (QED) is 0.826. The van der Waals surface area contributed by atoms with Gasteiger partial charge in [-0.05, 0) is 12.1 Å². The Kier molecular flexibility index (Phi) is 3.74. The molecular weight excluding hydrogens is 246 g/mol. The molecule has 0 saturated heterocycles. The third-order valence-corrected chi connectivity index (χ3v) is 2.80. The molecule has 0 aliphatic rings. The maximum absolute atomic E-state index is 5.77. The summed E-state index contributed by atoms with van der Waals surface area (Å²) >= 11 is 1.32. The van der Waals surface area contributed by atoms with Gasteiger partial charge in [0.1, 0.15) is 5.75 Å². The molecule has 18 heavy (non-hydrogen) atoms. The first-order valence-corrected chi connectivity index (χ1v) is 6.07. The Bertz CT molecular complexity index is 557. The van der Waals surface area contributed by atoms with Crippen LogP contribution in [0.3, 0.4) is 0 Å². The van der Waals surface area contributed by atoms with E-state index in [1.54, 1.807) is 12.3 Å². The first-order chi connectivity index (χ1) is 8.65. The average molecular weight is 259 g/mol. The summed E-state index contributed by atoms with van der Waals surface area (Å²) in [5, 5.41) is 0.493. The standard InChI is InChI=1S/C13H13N3OS/c1-9(14)18-11-7-12(13(15)16-8-11)17-10-5-3-2-4-6-10/h2-8H,1,14H2,(H2,15,16). The van der Waals surface area contributed by atoms with Gasteiger partial charge in [0.15, 0.2) is 11.6 Å². The molecule has 1 heterocycles. The van der Waals surface area contributed by atoms with Crippen molar-refractivity contribution in [3.63, 3.8) is 0 Å². The number of para-hydroxylation sites is 1. The minimum Gasteiger partial charge on any atom is -0.453 e. The number of rotatable bonds is 4. The summed E-state index contributed by atoms with van der Waals surface area (Å²) in [6, 6.07) is 11.2. The van der Waals surface area contributed by atoms with Crippen LogP contribution in [0.25, 0.3) is 0 Å². The van der Waals surface area contributed by atoms with Gasteiger partial charge in [-0.1, -0.05) is 36.5 Å². The fraction of sp³-hybridized carbons (Fsp3) is 0. The van der Waals surface area contributed by atoms with Crippen molar-refractivity contribution in [1.82, 2.24) is 4.98 Å². The van der Waals surface area contributed by atoms with Crippen LogP contribution in [0.15, 0.2) is 59.1 Å². The van der Waals surface area contributed by atoms with Crippen molar-refractivity contribution in [3.05, 3.63) is 54.2 Å². The van der Waals surface area contributed by atoms with Crippen LogP contribution in [-0.2, 0) is 0 Å². The Morgan fingerprint density at radius 1 is 1.28 bits per heavy atom. The van der Waals surface area contributed by atoms with Crippen molar-refractivity contribution in [2.45, 2.75) is 4.90 Å². The number of benzene rings is 1. The van der Waals surface area contributed by atoms with Crippen LogP contribution in [0.4, 0.5) is 5.82 Å². The van der Waals surface area contributed by atoms with E-state index in [2.05, 4.69) is 11.6 Å². The van der Waals surface area contributed by atoms with Crippen LogP contribution < -0.4 is 16.2 Å². The molecule has 0 aliphatic heterocycles. The van der Waals surface area contributed by atoms with Crippen molar-refractivity contribution in [1.29, 1.82) is 0 Å². The van der Waals surface area contributed by atoms with Gasteiger partial charge in [-0.3, -0.25) is 0 Å². The van der Waals surface area contributed by atoms with E-state index in [1.165, 1.54) is 11.8 Å². The second-order valence-corrected chi connectivity index (χ2v) is 4.74. The topological polar surface area (TPSA) is 74.2 Å². The summed E-state index contributed by atoms with van der Waals surface area (Å²) in [5.41, 5.74) is 11.3. The number of ether oxygens (including phenoxy) is 1. The normalized spacial score (nSPS) is 10.0. The van der Waals surface area contributed by atoms with Gasteiger partial charge in [0.2, 0.25) is 0 Å². The summed E-state index contributed by atoms with van der Waals surface area (Å²) in [7, 11) is 0. The number of hydrogen-bond acceptors (Lipinski definition) is 5. The maximum Gasteiger partial charge on any atom is 0.170 e. The molecule has 4 nitrogen and oxygen atoms in total. The summed E-state index contributed by atoms with van der Waals surface area (Å²) in [6.45, 7) is 3.63. The number of anilines is 1. The molecule has 0 amide bonds. The molecule has 2 rings (SSSR count). The lowest BCUT2D eigenvalue weighted by Gasteiger charge is -2.09. The van der Waals surface area contributed by atoms with E-state index < -0.39 is 0 Å². The molecule has 1 aromatic carbocycles. The number of nitrogen functional groups attached to an aromatic ring is 1. The fourth-order valence-electron chi connectivity index (χ4n) is 1.34. The Hall–Kier alpha value is -2.14. The highest BCUT2D eigenvalue weighted by molar-refractivity contribution is 8.03. The van der Waals surface area contributed by atoms with E-state index in [-0.39, 0.29) is 0 Å². The lowest BCUT2D eigenvalue weighted by atomic mass is 10.3. The van der Waals surface area contributed by atoms with Crippen LogP contribution in [0, 0.1) is 0 Å². The highest BCUT2D eigenvalue weighted by Crippen LogP contribution is 2.31. The van der Waals surface area contributed by atoms with Gasteiger partial charge in [-0.25, -0.2) is 4.98 Å². The highest BCUT2D eigenvalue weighted by atomic mass is 32.2. The van der Waals surface area contributed by atoms with Crippen molar-refractivity contribution in [2.75, 3.05) is 5.73 Å². The predicted molar refractivity (Wildman–Crippen MR) is 74.3 cm³/mol. The molecule has 0 fully saturated rings. The molecule has 0 radical (unpaired) electrons. The van der Waals surface area contributed by atoms with E-state index in [0.717, 1.165) is 4.90 Å². The van der Waals surface area contributed by atoms with E-state index >= 15 is 0 Å². The molecule has 5 heteroatoms. The zero-order chi connectivity index (χ0) is 13.0. The zero-order valence-corrected chi connectivity index (χ0v) is 10.5. The van der Waals surface area contributed by atoms with Gasteiger partial charge >= 0.3 is 0 Å². The molecule has 1 aromatic heterocycles. The van der Waals surface area contributed by atoms with Gasteiger partial charge in [0, 0.05) is 17.2 Å². The second-order valence-electron chi connectivity index (χ2n) is 3.54. The van der Waals surface area contributed by atoms with E-state index in [9.17, 15) is 0 Å². The van der Waals surface area contributed by atoms with Gasteiger partial charge in [0.25, 0.3) is 0 Å². The molecule has 0 spiro atoms. The largest absolute Gasteiger partial charge is 0.453 e. The van der Waals surface area contributed by atoms with Crippen LogP contribution in [0.5, 0.6) is 11.5 Å². The van der Waals surface area contributed by atoms with Gasteiger partial charge in [-0.15, -0.1) is 0 Å². The smallest absolute Gasteiger partial charge is 0.170 e. The molecule has 2 aromatic rings. The Labute approximate surface area is 110 Å². The van der Waals surface area contributed by atoms with E-state index in [1.807, 2.05) is 30.3 Å². The molecule has 4 N–H and O–H groups in total. The molecular formula is C13H13N3OS. The minimum absolute atomic E-state index is 0.339. The predicted octanol–water partition coefficient (Wildman–Crippen LogP) is 2.98. The Balaban J connectivity index is 2.24. The molecule has 0 bridgehead atoms.